The molecule has 4 rings (SSSR count). The summed E-state index contributed by atoms with van der Waals surface area (Å²) in [5.74, 6) is -1.63. The van der Waals surface area contributed by atoms with Gasteiger partial charge in [0.05, 0.1) is 18.7 Å². The number of allylic oxidation sites excluding steroid dienone is 1. The minimum absolute atomic E-state index is 0.0684. The van der Waals surface area contributed by atoms with Gasteiger partial charge in [0.15, 0.2) is 0 Å². The number of nitrogens with zero attached hydrogens (tertiary/aromatic N) is 1. The Morgan fingerprint density at radius 2 is 1.81 bits per heavy atom. The summed E-state index contributed by atoms with van der Waals surface area (Å²) >= 11 is 0. The summed E-state index contributed by atoms with van der Waals surface area (Å²) in [6.45, 7) is 3.90. The molecule has 1 aliphatic carbocycles. The first-order chi connectivity index (χ1) is 17.4. The standard InChI is InChI=1S/C29H33FN2O4/c1-3-36-29(35)27-19(2)32(26(33)17-25(27)21-12-14-23(30)15-13-21)18-20-8-7-9-22(16-20)28(34)31-24-10-5-4-6-11-24/h7-9,12-16,24-25H,3-6,10-11,17-18H2,1-2H3,(H,31,34). The average Bonchev–Trinajstić information content (AvgIpc) is 2.87. The SMILES string of the molecule is CCOC(=O)C1=C(C)N(Cc2cccc(C(=O)NC3CCCCC3)c2)C(=O)CC1c1ccc(F)cc1. The summed E-state index contributed by atoms with van der Waals surface area (Å²) in [6, 6.07) is 13.3. The normalized spacial score (nSPS) is 18.8. The molecule has 0 saturated heterocycles. The molecule has 0 spiro atoms. The Labute approximate surface area is 211 Å². The van der Waals surface area contributed by atoms with Crippen LogP contribution in [0.15, 0.2) is 59.8 Å². The van der Waals surface area contributed by atoms with Gasteiger partial charge in [0.2, 0.25) is 5.91 Å². The van der Waals surface area contributed by atoms with Crippen molar-refractivity contribution in [2.75, 3.05) is 6.61 Å². The second-order valence-electron chi connectivity index (χ2n) is 9.52. The summed E-state index contributed by atoms with van der Waals surface area (Å²) in [6.07, 6.45) is 5.56. The molecule has 1 atom stereocenters. The van der Waals surface area contributed by atoms with Crippen molar-refractivity contribution in [3.63, 3.8) is 0 Å². The van der Waals surface area contributed by atoms with Crippen LogP contribution in [0.2, 0.25) is 0 Å². The summed E-state index contributed by atoms with van der Waals surface area (Å²) in [5, 5.41) is 3.13. The van der Waals surface area contributed by atoms with Gasteiger partial charge in [-0.3, -0.25) is 9.59 Å². The predicted octanol–water partition coefficient (Wildman–Crippen LogP) is 5.24. The van der Waals surface area contributed by atoms with Crippen LogP contribution in [0.5, 0.6) is 0 Å². The second-order valence-corrected chi connectivity index (χ2v) is 9.52. The first-order valence-electron chi connectivity index (χ1n) is 12.7. The van der Waals surface area contributed by atoms with Gasteiger partial charge in [0.1, 0.15) is 5.82 Å². The van der Waals surface area contributed by atoms with Crippen LogP contribution in [0.1, 0.15) is 79.8 Å². The number of ether oxygens (including phenoxy) is 1. The van der Waals surface area contributed by atoms with Gasteiger partial charge in [0.25, 0.3) is 5.91 Å². The maximum atomic E-state index is 13.5. The zero-order valence-electron chi connectivity index (χ0n) is 20.9. The molecule has 7 heteroatoms. The summed E-state index contributed by atoms with van der Waals surface area (Å²) in [7, 11) is 0. The number of hydrogen-bond donors (Lipinski definition) is 1. The third kappa shape index (κ3) is 5.83. The van der Waals surface area contributed by atoms with E-state index in [2.05, 4.69) is 5.32 Å². The molecule has 2 aromatic carbocycles. The molecule has 1 aliphatic heterocycles. The van der Waals surface area contributed by atoms with Gasteiger partial charge in [0, 0.05) is 29.6 Å². The molecule has 0 bridgehead atoms. The van der Waals surface area contributed by atoms with E-state index in [4.69, 9.17) is 4.74 Å². The summed E-state index contributed by atoms with van der Waals surface area (Å²) < 4.78 is 18.8. The van der Waals surface area contributed by atoms with Gasteiger partial charge in [-0.15, -0.1) is 0 Å². The van der Waals surface area contributed by atoms with Crippen molar-refractivity contribution in [2.45, 2.75) is 70.9 Å². The van der Waals surface area contributed by atoms with E-state index >= 15 is 0 Å². The Hall–Kier alpha value is -3.48. The van der Waals surface area contributed by atoms with E-state index in [9.17, 15) is 18.8 Å². The number of carbonyl (C=O) groups is 3. The molecule has 0 radical (unpaired) electrons. The maximum Gasteiger partial charge on any atom is 0.336 e. The number of esters is 1. The van der Waals surface area contributed by atoms with Gasteiger partial charge >= 0.3 is 5.97 Å². The zero-order valence-corrected chi connectivity index (χ0v) is 20.9. The number of halogens is 1. The molecule has 190 valence electrons. The third-order valence-corrected chi connectivity index (χ3v) is 7.06. The quantitative estimate of drug-likeness (QED) is 0.537. The first kappa shape index (κ1) is 25.6. The van der Waals surface area contributed by atoms with E-state index in [1.54, 1.807) is 43.0 Å². The molecule has 1 N–H and O–H groups in total. The van der Waals surface area contributed by atoms with Crippen LogP contribution in [0.3, 0.4) is 0 Å². The van der Waals surface area contributed by atoms with Crippen molar-refractivity contribution in [1.29, 1.82) is 0 Å². The van der Waals surface area contributed by atoms with Crippen molar-refractivity contribution in [2.24, 2.45) is 0 Å². The Balaban J connectivity index is 1.58. The lowest BCUT2D eigenvalue weighted by Gasteiger charge is -2.34. The van der Waals surface area contributed by atoms with Crippen LogP contribution in [-0.4, -0.2) is 35.3 Å². The lowest BCUT2D eigenvalue weighted by Crippen LogP contribution is -2.38. The lowest BCUT2D eigenvalue weighted by molar-refractivity contribution is -0.140. The fraction of sp³-hybridized carbons (Fsp3) is 0.414. The van der Waals surface area contributed by atoms with Crippen LogP contribution in [0, 0.1) is 5.82 Å². The highest BCUT2D eigenvalue weighted by Gasteiger charge is 2.37. The van der Waals surface area contributed by atoms with E-state index in [0.717, 1.165) is 31.2 Å². The van der Waals surface area contributed by atoms with Gasteiger partial charge < -0.3 is 15.0 Å². The molecule has 0 aromatic heterocycles. The van der Waals surface area contributed by atoms with E-state index in [1.807, 2.05) is 12.1 Å². The number of carbonyl (C=O) groups excluding carboxylic acids is 3. The highest BCUT2D eigenvalue weighted by Crippen LogP contribution is 2.37. The minimum Gasteiger partial charge on any atom is -0.463 e. The Morgan fingerprint density at radius 1 is 1.08 bits per heavy atom. The number of rotatable bonds is 7. The molecule has 2 aromatic rings. The molecule has 1 fully saturated rings. The van der Waals surface area contributed by atoms with E-state index in [0.29, 0.717) is 22.4 Å². The van der Waals surface area contributed by atoms with Crippen molar-refractivity contribution in [1.82, 2.24) is 10.2 Å². The van der Waals surface area contributed by atoms with Gasteiger partial charge in [-0.05, 0) is 62.1 Å². The average molecular weight is 493 g/mol. The van der Waals surface area contributed by atoms with Gasteiger partial charge in [-0.25, -0.2) is 9.18 Å². The molecule has 1 unspecified atom stereocenters. The lowest BCUT2D eigenvalue weighted by atomic mass is 9.83. The molecule has 36 heavy (non-hydrogen) atoms. The molecular weight excluding hydrogens is 459 g/mol. The molecule has 1 heterocycles. The first-order valence-corrected chi connectivity index (χ1v) is 12.7. The van der Waals surface area contributed by atoms with Crippen LogP contribution in [-0.2, 0) is 20.9 Å². The summed E-state index contributed by atoms with van der Waals surface area (Å²) in [4.78, 5) is 40.6. The van der Waals surface area contributed by atoms with Crippen molar-refractivity contribution in [3.05, 3.63) is 82.3 Å². The van der Waals surface area contributed by atoms with Crippen molar-refractivity contribution < 1.29 is 23.5 Å². The highest BCUT2D eigenvalue weighted by molar-refractivity contribution is 5.96. The Morgan fingerprint density at radius 3 is 2.50 bits per heavy atom. The Bertz CT molecular complexity index is 1150. The fourth-order valence-electron chi connectivity index (χ4n) is 5.17. The van der Waals surface area contributed by atoms with Crippen LogP contribution in [0.25, 0.3) is 0 Å². The monoisotopic (exact) mass is 492 g/mol. The predicted molar refractivity (Wildman–Crippen MR) is 134 cm³/mol. The van der Waals surface area contributed by atoms with Crippen LogP contribution in [0.4, 0.5) is 4.39 Å². The van der Waals surface area contributed by atoms with E-state index in [1.165, 1.54) is 18.6 Å². The van der Waals surface area contributed by atoms with Gasteiger partial charge in [-0.1, -0.05) is 43.5 Å². The maximum absolute atomic E-state index is 13.5. The zero-order chi connectivity index (χ0) is 25.7. The number of nitrogens with one attached hydrogen (secondary N) is 1. The molecular formula is C29H33FN2O4. The Kier molecular flexibility index (Phi) is 8.18. The number of hydrogen-bond acceptors (Lipinski definition) is 4. The molecule has 2 aliphatic rings. The molecule has 6 nitrogen and oxygen atoms in total. The fourth-order valence-corrected chi connectivity index (χ4v) is 5.17. The van der Waals surface area contributed by atoms with E-state index < -0.39 is 11.9 Å². The van der Waals surface area contributed by atoms with Crippen molar-refractivity contribution in [3.8, 4) is 0 Å². The topological polar surface area (TPSA) is 75.7 Å². The van der Waals surface area contributed by atoms with E-state index in [-0.39, 0.29) is 43.2 Å². The smallest absolute Gasteiger partial charge is 0.336 e. The number of amides is 2. The van der Waals surface area contributed by atoms with Gasteiger partial charge in [-0.2, -0.15) is 0 Å². The third-order valence-electron chi connectivity index (χ3n) is 7.06. The van der Waals surface area contributed by atoms with Crippen LogP contribution < -0.4 is 5.32 Å². The van der Waals surface area contributed by atoms with Crippen LogP contribution >= 0.6 is 0 Å². The van der Waals surface area contributed by atoms with Crippen molar-refractivity contribution >= 4 is 17.8 Å². The minimum atomic E-state index is -0.513. The molecule has 2 amide bonds. The second kappa shape index (κ2) is 11.5. The number of benzene rings is 2. The largest absolute Gasteiger partial charge is 0.463 e. The molecule has 1 saturated carbocycles. The highest BCUT2D eigenvalue weighted by atomic mass is 19.1. The summed E-state index contributed by atoms with van der Waals surface area (Å²) in [5.41, 5.74) is 2.94.